The van der Waals surface area contributed by atoms with Crippen molar-refractivity contribution in [2.45, 2.75) is 57.4 Å². The van der Waals surface area contributed by atoms with Crippen molar-refractivity contribution in [3.63, 3.8) is 0 Å². The van der Waals surface area contributed by atoms with E-state index in [1.54, 1.807) is 0 Å². The lowest BCUT2D eigenvalue weighted by atomic mass is 10.2. The predicted octanol–water partition coefficient (Wildman–Crippen LogP) is 3.35. The number of benzene rings is 1. The Kier molecular flexibility index (Phi) is 8.31. The van der Waals surface area contributed by atoms with Crippen molar-refractivity contribution in [2.24, 2.45) is 0 Å². The lowest BCUT2D eigenvalue weighted by Crippen LogP contribution is -2.33. The Morgan fingerprint density at radius 2 is 1.89 bits per heavy atom. The molecule has 0 spiro atoms. The monoisotopic (exact) mass is 389 g/mol. The van der Waals surface area contributed by atoms with Crippen LogP contribution in [0.25, 0.3) is 0 Å². The predicted molar refractivity (Wildman–Crippen MR) is 111 cm³/mol. The van der Waals surface area contributed by atoms with Crippen molar-refractivity contribution in [1.82, 2.24) is 25.0 Å². The Morgan fingerprint density at radius 3 is 2.48 bits per heavy atom. The molecule has 0 aliphatic heterocycles. The van der Waals surface area contributed by atoms with Crippen LogP contribution < -0.4 is 5.32 Å². The lowest BCUT2D eigenvalue weighted by molar-refractivity contribution is -0.119. The smallest absolute Gasteiger partial charge is 0.230 e. The van der Waals surface area contributed by atoms with E-state index in [1.807, 2.05) is 25.1 Å². The summed E-state index contributed by atoms with van der Waals surface area (Å²) in [5.41, 5.74) is 1.19. The summed E-state index contributed by atoms with van der Waals surface area (Å²) in [7, 11) is 4.12. The number of nitrogens with zero attached hydrogens (tertiary/aromatic N) is 4. The standard InChI is InChI=1S/C20H31N5OS/c1-6-15(3)21-18(26)14-27-20-23-22-19(17(7-2)24(4)5)25(20)13-16-11-9-8-10-12-16/h8-12,15,17H,6-7,13-14H2,1-5H3,(H,21,26)/t15-,17+/m0/s1. The highest BCUT2D eigenvalue weighted by Crippen LogP contribution is 2.26. The molecular formula is C20H31N5OS. The minimum atomic E-state index is 0.0322. The third-order valence-corrected chi connectivity index (χ3v) is 5.56. The van der Waals surface area contributed by atoms with Crippen LogP contribution >= 0.6 is 11.8 Å². The zero-order chi connectivity index (χ0) is 19.8. The maximum atomic E-state index is 12.2. The van der Waals surface area contributed by atoms with Gasteiger partial charge in [0.15, 0.2) is 11.0 Å². The van der Waals surface area contributed by atoms with Crippen molar-refractivity contribution in [3.05, 3.63) is 41.7 Å². The quantitative estimate of drug-likeness (QED) is 0.632. The van der Waals surface area contributed by atoms with Gasteiger partial charge in [0.1, 0.15) is 0 Å². The normalized spacial score (nSPS) is 13.6. The molecule has 148 valence electrons. The summed E-state index contributed by atoms with van der Waals surface area (Å²) >= 11 is 1.45. The van der Waals surface area contributed by atoms with Crippen molar-refractivity contribution in [3.8, 4) is 0 Å². The average Bonchev–Trinajstić information content (AvgIpc) is 3.03. The van der Waals surface area contributed by atoms with Crippen molar-refractivity contribution >= 4 is 17.7 Å². The van der Waals surface area contributed by atoms with Crippen LogP contribution in [0.3, 0.4) is 0 Å². The van der Waals surface area contributed by atoms with Crippen LogP contribution in [0.1, 0.15) is 51.0 Å². The van der Waals surface area contributed by atoms with Crippen molar-refractivity contribution < 1.29 is 4.79 Å². The minimum absolute atomic E-state index is 0.0322. The van der Waals surface area contributed by atoms with Gasteiger partial charge in [0.2, 0.25) is 5.91 Å². The van der Waals surface area contributed by atoms with Crippen LogP contribution in [-0.4, -0.2) is 51.5 Å². The summed E-state index contributed by atoms with van der Waals surface area (Å²) in [5, 5.41) is 12.7. The van der Waals surface area contributed by atoms with Crippen LogP contribution in [0.2, 0.25) is 0 Å². The molecular weight excluding hydrogens is 358 g/mol. The van der Waals surface area contributed by atoms with E-state index in [-0.39, 0.29) is 18.0 Å². The molecule has 0 saturated heterocycles. The summed E-state index contributed by atoms with van der Waals surface area (Å²) in [6.07, 6.45) is 1.87. The largest absolute Gasteiger partial charge is 0.353 e. The molecule has 0 aliphatic rings. The van der Waals surface area contributed by atoms with E-state index in [1.165, 1.54) is 17.3 Å². The van der Waals surface area contributed by atoms with Gasteiger partial charge in [-0.05, 0) is 39.4 Å². The molecule has 1 N–H and O–H groups in total. The highest BCUT2D eigenvalue weighted by molar-refractivity contribution is 7.99. The lowest BCUT2D eigenvalue weighted by Gasteiger charge is -2.23. The first-order chi connectivity index (χ1) is 13.0. The van der Waals surface area contributed by atoms with E-state index in [0.29, 0.717) is 12.3 Å². The second-order valence-corrected chi connectivity index (χ2v) is 7.91. The maximum absolute atomic E-state index is 12.2. The molecule has 27 heavy (non-hydrogen) atoms. The molecule has 1 aromatic carbocycles. The van der Waals surface area contributed by atoms with Crippen molar-refractivity contribution in [2.75, 3.05) is 19.8 Å². The molecule has 1 heterocycles. The van der Waals surface area contributed by atoms with Gasteiger partial charge in [-0.3, -0.25) is 9.69 Å². The van der Waals surface area contributed by atoms with Gasteiger partial charge < -0.3 is 9.88 Å². The zero-order valence-electron chi connectivity index (χ0n) is 17.0. The van der Waals surface area contributed by atoms with Gasteiger partial charge in [0.05, 0.1) is 18.3 Å². The van der Waals surface area contributed by atoms with E-state index < -0.39 is 0 Å². The number of rotatable bonds is 10. The summed E-state index contributed by atoms with van der Waals surface area (Å²) in [4.78, 5) is 14.3. The number of aromatic nitrogens is 3. The van der Waals surface area contributed by atoms with E-state index >= 15 is 0 Å². The molecule has 2 aromatic rings. The Labute approximate surface area is 166 Å². The highest BCUT2D eigenvalue weighted by atomic mass is 32.2. The molecule has 0 fully saturated rings. The molecule has 0 aliphatic carbocycles. The Hall–Kier alpha value is -1.86. The summed E-state index contributed by atoms with van der Waals surface area (Å²) in [5.74, 6) is 1.32. The van der Waals surface area contributed by atoms with E-state index in [2.05, 4.69) is 65.1 Å². The maximum Gasteiger partial charge on any atom is 0.230 e. The molecule has 1 aromatic heterocycles. The molecule has 0 unspecified atom stereocenters. The molecule has 0 radical (unpaired) electrons. The third-order valence-electron chi connectivity index (χ3n) is 4.59. The second kappa shape index (κ2) is 10.5. The summed E-state index contributed by atoms with van der Waals surface area (Å²) in [6, 6.07) is 10.7. The van der Waals surface area contributed by atoms with E-state index in [4.69, 9.17) is 0 Å². The molecule has 0 saturated carbocycles. The summed E-state index contributed by atoms with van der Waals surface area (Å²) < 4.78 is 2.14. The fourth-order valence-electron chi connectivity index (χ4n) is 2.90. The Morgan fingerprint density at radius 1 is 1.19 bits per heavy atom. The average molecular weight is 390 g/mol. The fourth-order valence-corrected chi connectivity index (χ4v) is 3.65. The number of nitrogens with one attached hydrogen (secondary N) is 1. The van der Waals surface area contributed by atoms with Gasteiger partial charge in [0, 0.05) is 6.04 Å². The van der Waals surface area contributed by atoms with Crippen LogP contribution in [0, 0.1) is 0 Å². The van der Waals surface area contributed by atoms with Crippen LogP contribution in [0.4, 0.5) is 0 Å². The van der Waals surface area contributed by atoms with E-state index in [0.717, 1.165) is 23.8 Å². The fraction of sp³-hybridized carbons (Fsp3) is 0.550. The number of hydrogen-bond donors (Lipinski definition) is 1. The van der Waals surface area contributed by atoms with Gasteiger partial charge in [0.25, 0.3) is 0 Å². The van der Waals surface area contributed by atoms with Crippen LogP contribution in [0.15, 0.2) is 35.5 Å². The molecule has 1 amide bonds. The zero-order valence-corrected chi connectivity index (χ0v) is 17.8. The topological polar surface area (TPSA) is 63.1 Å². The Bertz CT molecular complexity index is 716. The first-order valence-corrected chi connectivity index (χ1v) is 10.5. The van der Waals surface area contributed by atoms with Gasteiger partial charge in [-0.1, -0.05) is 55.9 Å². The van der Waals surface area contributed by atoms with Gasteiger partial charge in [-0.2, -0.15) is 0 Å². The van der Waals surface area contributed by atoms with Gasteiger partial charge in [-0.15, -0.1) is 10.2 Å². The minimum Gasteiger partial charge on any atom is -0.353 e. The molecule has 0 bridgehead atoms. The first-order valence-electron chi connectivity index (χ1n) is 9.51. The number of carbonyl (C=O) groups excluding carboxylic acids is 1. The SMILES string of the molecule is CC[C@H](c1nnc(SCC(=O)N[C@@H](C)CC)n1Cc1ccccc1)N(C)C. The molecule has 2 atom stereocenters. The second-order valence-electron chi connectivity index (χ2n) is 6.97. The number of hydrogen-bond acceptors (Lipinski definition) is 5. The van der Waals surface area contributed by atoms with Crippen LogP contribution in [0.5, 0.6) is 0 Å². The Balaban J connectivity index is 2.23. The molecule has 2 rings (SSSR count). The first kappa shape index (κ1) is 21.4. The van der Waals surface area contributed by atoms with E-state index in [9.17, 15) is 4.79 Å². The number of carbonyl (C=O) groups is 1. The van der Waals surface area contributed by atoms with Gasteiger partial charge >= 0.3 is 0 Å². The van der Waals surface area contributed by atoms with Gasteiger partial charge in [-0.25, -0.2) is 0 Å². The highest BCUT2D eigenvalue weighted by Gasteiger charge is 2.22. The number of amides is 1. The third kappa shape index (κ3) is 6.07. The molecule has 7 heteroatoms. The van der Waals surface area contributed by atoms with Crippen LogP contribution in [-0.2, 0) is 11.3 Å². The van der Waals surface area contributed by atoms with Crippen molar-refractivity contribution in [1.29, 1.82) is 0 Å². The summed E-state index contributed by atoms with van der Waals surface area (Å²) in [6.45, 7) is 6.93. The number of thioether (sulfide) groups is 1. The molecule has 6 nitrogen and oxygen atoms in total.